The number of carbonyl (C=O) groups is 1. The third-order valence-corrected chi connectivity index (χ3v) is 2.40. The number of aromatic nitrogens is 1. The lowest BCUT2D eigenvalue weighted by atomic mass is 10.3. The lowest BCUT2D eigenvalue weighted by Gasteiger charge is -2.09. The molecule has 2 aromatic rings. The summed E-state index contributed by atoms with van der Waals surface area (Å²) in [4.78, 5) is 15.7. The molecule has 19 heavy (non-hydrogen) atoms. The van der Waals surface area contributed by atoms with Crippen LogP contribution in [-0.2, 0) is 0 Å². The van der Waals surface area contributed by atoms with Crippen molar-refractivity contribution < 1.29 is 9.53 Å². The van der Waals surface area contributed by atoms with Crippen molar-refractivity contribution in [3.05, 3.63) is 42.6 Å². The predicted molar refractivity (Wildman–Crippen MR) is 74.3 cm³/mol. The smallest absolute Gasteiger partial charge is 0.324 e. The molecule has 98 valence electrons. The van der Waals surface area contributed by atoms with E-state index in [1.54, 1.807) is 49.7 Å². The van der Waals surface area contributed by atoms with Crippen molar-refractivity contribution in [2.24, 2.45) is 0 Å². The summed E-state index contributed by atoms with van der Waals surface area (Å²) in [6.45, 7) is 0. The largest absolute Gasteiger partial charge is 0.497 e. The maximum absolute atomic E-state index is 11.8. The van der Waals surface area contributed by atoms with Gasteiger partial charge >= 0.3 is 6.03 Å². The first-order chi connectivity index (χ1) is 9.19. The Kier molecular flexibility index (Phi) is 3.82. The molecule has 0 unspecified atom stereocenters. The van der Waals surface area contributed by atoms with Gasteiger partial charge in [0, 0.05) is 18.0 Å². The predicted octanol–water partition coefficient (Wildman–Crippen LogP) is 2.32. The molecule has 1 heterocycles. The van der Waals surface area contributed by atoms with E-state index < -0.39 is 6.03 Å². The van der Waals surface area contributed by atoms with Gasteiger partial charge in [-0.3, -0.25) is 5.32 Å². The number of carbonyl (C=O) groups excluding carboxylic acids is 1. The first-order valence-corrected chi connectivity index (χ1v) is 5.61. The van der Waals surface area contributed by atoms with E-state index in [2.05, 4.69) is 15.6 Å². The van der Waals surface area contributed by atoms with Gasteiger partial charge in [0.25, 0.3) is 0 Å². The lowest BCUT2D eigenvalue weighted by molar-refractivity contribution is 0.262. The van der Waals surface area contributed by atoms with Crippen LogP contribution in [0.1, 0.15) is 0 Å². The van der Waals surface area contributed by atoms with Crippen LogP contribution < -0.4 is 21.1 Å². The Balaban J connectivity index is 2.03. The molecule has 2 amide bonds. The summed E-state index contributed by atoms with van der Waals surface area (Å²) in [5, 5.41) is 5.24. The fraction of sp³-hybridized carbons (Fsp3) is 0.0769. The maximum atomic E-state index is 11.8. The summed E-state index contributed by atoms with van der Waals surface area (Å²) in [7, 11) is 1.56. The zero-order valence-electron chi connectivity index (χ0n) is 10.4. The second-order valence-electron chi connectivity index (χ2n) is 3.75. The highest BCUT2D eigenvalue weighted by molar-refractivity contribution is 6.00. The highest BCUT2D eigenvalue weighted by Crippen LogP contribution is 2.17. The van der Waals surface area contributed by atoms with Crippen molar-refractivity contribution in [2.45, 2.75) is 0 Å². The number of nitrogens with zero attached hydrogens (tertiary/aromatic N) is 1. The number of ether oxygens (including phenoxy) is 1. The molecule has 2 rings (SSSR count). The topological polar surface area (TPSA) is 89.3 Å². The Hall–Kier alpha value is -2.76. The molecule has 0 aliphatic heterocycles. The minimum absolute atomic E-state index is 0.322. The van der Waals surface area contributed by atoms with Crippen LogP contribution in [0.15, 0.2) is 42.6 Å². The summed E-state index contributed by atoms with van der Waals surface area (Å²) < 4.78 is 5.07. The van der Waals surface area contributed by atoms with Crippen LogP contribution in [0.3, 0.4) is 0 Å². The summed E-state index contributed by atoms with van der Waals surface area (Å²) in [6.07, 6.45) is 1.55. The molecule has 0 saturated heterocycles. The summed E-state index contributed by atoms with van der Waals surface area (Å²) in [5.41, 5.74) is 6.71. The van der Waals surface area contributed by atoms with Crippen LogP contribution in [-0.4, -0.2) is 18.1 Å². The van der Waals surface area contributed by atoms with E-state index in [1.165, 1.54) is 0 Å². The van der Waals surface area contributed by atoms with E-state index in [9.17, 15) is 4.79 Å². The zero-order valence-corrected chi connectivity index (χ0v) is 10.4. The minimum Gasteiger partial charge on any atom is -0.497 e. The molecule has 0 fully saturated rings. The van der Waals surface area contributed by atoms with Crippen LogP contribution in [0, 0.1) is 0 Å². The van der Waals surface area contributed by atoms with Crippen molar-refractivity contribution in [1.82, 2.24) is 4.98 Å². The second-order valence-corrected chi connectivity index (χ2v) is 3.75. The van der Waals surface area contributed by atoms with Crippen LogP contribution in [0.5, 0.6) is 5.75 Å². The fourth-order valence-electron chi connectivity index (χ4n) is 1.49. The summed E-state index contributed by atoms with van der Waals surface area (Å²) >= 11 is 0. The van der Waals surface area contributed by atoms with Gasteiger partial charge in [0.05, 0.1) is 12.8 Å². The molecule has 0 bridgehead atoms. The highest BCUT2D eigenvalue weighted by Gasteiger charge is 2.06. The second kappa shape index (κ2) is 5.72. The average molecular weight is 258 g/mol. The number of nitrogens with two attached hydrogens (primary N) is 1. The van der Waals surface area contributed by atoms with Gasteiger partial charge in [-0.15, -0.1) is 0 Å². The quantitative estimate of drug-likeness (QED) is 0.788. The van der Waals surface area contributed by atoms with E-state index in [0.717, 1.165) is 0 Å². The number of nitrogens with one attached hydrogen (secondary N) is 2. The van der Waals surface area contributed by atoms with Crippen molar-refractivity contribution in [2.75, 3.05) is 23.5 Å². The van der Waals surface area contributed by atoms with Gasteiger partial charge in [-0.2, -0.15) is 0 Å². The monoisotopic (exact) mass is 258 g/mol. The van der Waals surface area contributed by atoms with Crippen LogP contribution in [0.2, 0.25) is 0 Å². The molecule has 1 aromatic carbocycles. The average Bonchev–Trinajstić information content (AvgIpc) is 2.41. The molecule has 0 atom stereocenters. The van der Waals surface area contributed by atoms with Crippen LogP contribution in [0.4, 0.5) is 22.0 Å². The van der Waals surface area contributed by atoms with Crippen LogP contribution in [0.25, 0.3) is 0 Å². The van der Waals surface area contributed by atoms with E-state index >= 15 is 0 Å². The fourth-order valence-corrected chi connectivity index (χ4v) is 1.49. The van der Waals surface area contributed by atoms with Gasteiger partial charge in [-0.05, 0) is 24.3 Å². The van der Waals surface area contributed by atoms with Gasteiger partial charge in [0.1, 0.15) is 5.75 Å². The standard InChI is InChI=1S/C13H14N4O2/c1-19-10-5-2-4-9(8-10)16-13(18)17-12-11(14)6-3-7-15-12/h2-8H,14H2,1H3,(H2,15,16,17,18). The van der Waals surface area contributed by atoms with Gasteiger partial charge in [0.15, 0.2) is 5.82 Å². The number of pyridine rings is 1. The first kappa shape index (κ1) is 12.7. The Bertz CT molecular complexity index is 586. The Morgan fingerprint density at radius 2 is 2.11 bits per heavy atom. The first-order valence-electron chi connectivity index (χ1n) is 5.61. The molecule has 0 saturated carbocycles. The van der Waals surface area contributed by atoms with Gasteiger partial charge < -0.3 is 15.8 Å². The number of nitrogen functional groups attached to an aromatic ring is 1. The third-order valence-electron chi connectivity index (χ3n) is 2.40. The van der Waals surface area contributed by atoms with Gasteiger partial charge in [-0.25, -0.2) is 9.78 Å². The van der Waals surface area contributed by atoms with E-state index in [1.807, 2.05) is 0 Å². The van der Waals surface area contributed by atoms with Crippen molar-refractivity contribution >= 4 is 23.2 Å². The van der Waals surface area contributed by atoms with Crippen molar-refractivity contribution in [3.63, 3.8) is 0 Å². The van der Waals surface area contributed by atoms with Crippen molar-refractivity contribution in [1.29, 1.82) is 0 Å². The molecule has 4 N–H and O–H groups in total. The molecule has 0 aliphatic rings. The Morgan fingerprint density at radius 3 is 2.84 bits per heavy atom. The molecule has 0 radical (unpaired) electrons. The number of amides is 2. The number of anilines is 3. The van der Waals surface area contributed by atoms with E-state index in [0.29, 0.717) is 22.9 Å². The molecule has 1 aromatic heterocycles. The lowest BCUT2D eigenvalue weighted by Crippen LogP contribution is -2.20. The molecule has 0 spiro atoms. The van der Waals surface area contributed by atoms with Gasteiger partial charge in [-0.1, -0.05) is 6.07 Å². The number of benzene rings is 1. The Labute approximate surface area is 110 Å². The summed E-state index contributed by atoms with van der Waals surface area (Å²) in [5.74, 6) is 0.984. The Morgan fingerprint density at radius 1 is 1.26 bits per heavy atom. The normalized spacial score (nSPS) is 9.74. The summed E-state index contributed by atoms with van der Waals surface area (Å²) in [6, 6.07) is 9.97. The number of rotatable bonds is 3. The molecular weight excluding hydrogens is 244 g/mol. The number of methoxy groups -OCH3 is 1. The van der Waals surface area contributed by atoms with Crippen LogP contribution >= 0.6 is 0 Å². The number of hydrogen-bond acceptors (Lipinski definition) is 4. The molecule has 0 aliphatic carbocycles. The molecule has 6 nitrogen and oxygen atoms in total. The zero-order chi connectivity index (χ0) is 13.7. The SMILES string of the molecule is COc1cccc(NC(=O)Nc2ncccc2N)c1. The maximum Gasteiger partial charge on any atom is 0.324 e. The number of urea groups is 1. The highest BCUT2D eigenvalue weighted by atomic mass is 16.5. The third kappa shape index (κ3) is 3.35. The van der Waals surface area contributed by atoms with Crippen molar-refractivity contribution in [3.8, 4) is 5.75 Å². The molecule has 6 heteroatoms. The number of hydrogen-bond donors (Lipinski definition) is 3. The van der Waals surface area contributed by atoms with Gasteiger partial charge in [0.2, 0.25) is 0 Å². The van der Waals surface area contributed by atoms with E-state index in [-0.39, 0.29) is 0 Å². The van der Waals surface area contributed by atoms with E-state index in [4.69, 9.17) is 10.5 Å². The molecular formula is C13H14N4O2. The minimum atomic E-state index is -0.418.